The van der Waals surface area contributed by atoms with E-state index >= 15 is 0 Å². The molecule has 2 aromatic heterocycles. The van der Waals surface area contributed by atoms with E-state index in [-0.39, 0.29) is 5.91 Å². The van der Waals surface area contributed by atoms with Crippen molar-refractivity contribution < 1.29 is 4.79 Å². The number of nitrogens with zero attached hydrogens (tertiary/aromatic N) is 2. The van der Waals surface area contributed by atoms with E-state index in [0.29, 0.717) is 6.04 Å². The van der Waals surface area contributed by atoms with Gasteiger partial charge in [-0.1, -0.05) is 12.1 Å². The van der Waals surface area contributed by atoms with Crippen LogP contribution in [-0.4, -0.2) is 33.4 Å². The summed E-state index contributed by atoms with van der Waals surface area (Å²) < 4.78 is 2.45. The van der Waals surface area contributed by atoms with Crippen molar-refractivity contribution in [1.82, 2.24) is 14.5 Å². The third-order valence-electron chi connectivity index (χ3n) is 6.81. The van der Waals surface area contributed by atoms with Gasteiger partial charge < -0.3 is 14.5 Å². The molecule has 0 radical (unpaired) electrons. The molecule has 0 unspecified atom stereocenters. The normalized spacial score (nSPS) is 17.9. The molecular formula is C24H29N3O. The molecule has 1 aliphatic carbocycles. The zero-order valence-electron chi connectivity index (χ0n) is 16.9. The number of hydrogen-bond acceptors (Lipinski definition) is 1. The van der Waals surface area contributed by atoms with E-state index in [4.69, 9.17) is 0 Å². The number of aromatic amines is 1. The van der Waals surface area contributed by atoms with Crippen molar-refractivity contribution in [2.75, 3.05) is 13.1 Å². The molecule has 1 saturated heterocycles. The zero-order chi connectivity index (χ0) is 19.3. The first-order valence-corrected chi connectivity index (χ1v) is 10.7. The van der Waals surface area contributed by atoms with E-state index in [1.165, 1.54) is 40.9 Å². The monoisotopic (exact) mass is 375 g/mol. The summed E-state index contributed by atoms with van der Waals surface area (Å²) in [6, 6.07) is 11.1. The van der Waals surface area contributed by atoms with Gasteiger partial charge in [0.2, 0.25) is 0 Å². The van der Waals surface area contributed by atoms with Gasteiger partial charge in [0.25, 0.3) is 5.91 Å². The maximum absolute atomic E-state index is 13.4. The van der Waals surface area contributed by atoms with Crippen molar-refractivity contribution >= 4 is 16.8 Å². The lowest BCUT2D eigenvalue weighted by molar-refractivity contribution is 0.0695. The van der Waals surface area contributed by atoms with Crippen molar-refractivity contribution in [3.63, 3.8) is 0 Å². The minimum absolute atomic E-state index is 0.184. The van der Waals surface area contributed by atoms with Crippen LogP contribution >= 0.6 is 0 Å². The maximum Gasteiger partial charge on any atom is 0.255 e. The predicted octanol–water partition coefficient (Wildman–Crippen LogP) is 4.94. The molecule has 0 saturated carbocycles. The Kier molecular flexibility index (Phi) is 4.30. The number of rotatable bonds is 2. The van der Waals surface area contributed by atoms with E-state index in [9.17, 15) is 4.79 Å². The second kappa shape index (κ2) is 6.84. The van der Waals surface area contributed by atoms with E-state index in [1.807, 2.05) is 6.07 Å². The second-order valence-corrected chi connectivity index (χ2v) is 8.53. The quantitative estimate of drug-likeness (QED) is 0.677. The van der Waals surface area contributed by atoms with Crippen molar-refractivity contribution in [2.24, 2.45) is 0 Å². The molecule has 4 heteroatoms. The van der Waals surface area contributed by atoms with Crippen LogP contribution in [0.1, 0.15) is 64.7 Å². The van der Waals surface area contributed by atoms with Crippen LogP contribution in [0.15, 0.2) is 30.3 Å². The van der Waals surface area contributed by atoms with Crippen LogP contribution in [0.2, 0.25) is 0 Å². The molecule has 3 aromatic rings. The van der Waals surface area contributed by atoms with Crippen molar-refractivity contribution in [3.8, 4) is 0 Å². The largest absolute Gasteiger partial charge is 0.358 e. The molecule has 28 heavy (non-hydrogen) atoms. The standard InChI is InChI=1S/C24H29N3O/c1-16-10-11-17(2)27(16)18-12-14-26(15-13-18)24(28)21-8-5-7-20-19-6-3-4-9-22(19)25-23(20)21/h5,7-8,10-11,18,25H,3-4,6,9,12-15H2,1-2H3. The minimum Gasteiger partial charge on any atom is -0.358 e. The van der Waals surface area contributed by atoms with E-state index in [0.717, 1.165) is 49.9 Å². The number of benzene rings is 1. The first-order chi connectivity index (χ1) is 13.6. The number of likely N-dealkylation sites (tertiary alicyclic amines) is 1. The summed E-state index contributed by atoms with van der Waals surface area (Å²) >= 11 is 0. The van der Waals surface area contributed by atoms with Crippen molar-refractivity contribution in [2.45, 2.75) is 58.4 Å². The molecule has 2 aliphatic rings. The van der Waals surface area contributed by atoms with E-state index in [2.05, 4.69) is 52.6 Å². The van der Waals surface area contributed by atoms with Crippen LogP contribution < -0.4 is 0 Å². The van der Waals surface area contributed by atoms with Crippen LogP contribution in [0.25, 0.3) is 10.9 Å². The van der Waals surface area contributed by atoms with Gasteiger partial charge in [0.15, 0.2) is 0 Å². The number of carbonyl (C=O) groups is 1. The maximum atomic E-state index is 13.4. The Labute approximate surface area is 166 Å². The van der Waals surface area contributed by atoms with Crippen molar-refractivity contribution in [3.05, 3.63) is 58.5 Å². The van der Waals surface area contributed by atoms with Gasteiger partial charge in [0, 0.05) is 41.6 Å². The van der Waals surface area contributed by atoms with Gasteiger partial charge in [-0.3, -0.25) is 4.79 Å². The fourth-order valence-corrected chi connectivity index (χ4v) is 5.36. The van der Waals surface area contributed by atoms with Crippen molar-refractivity contribution in [1.29, 1.82) is 0 Å². The highest BCUT2D eigenvalue weighted by atomic mass is 16.2. The van der Waals surface area contributed by atoms with Crippen LogP contribution in [0.3, 0.4) is 0 Å². The lowest BCUT2D eigenvalue weighted by Gasteiger charge is -2.34. The fourth-order valence-electron chi connectivity index (χ4n) is 5.36. The molecule has 146 valence electrons. The summed E-state index contributed by atoms with van der Waals surface area (Å²) in [5.41, 5.74) is 7.33. The van der Waals surface area contributed by atoms with Gasteiger partial charge in [-0.2, -0.15) is 0 Å². The number of aromatic nitrogens is 2. The summed E-state index contributed by atoms with van der Waals surface area (Å²) in [6.45, 7) is 6.02. The number of nitrogens with one attached hydrogen (secondary N) is 1. The Balaban J connectivity index is 1.38. The van der Waals surface area contributed by atoms with Crippen LogP contribution in [0, 0.1) is 13.8 Å². The molecule has 1 aromatic carbocycles. The molecule has 0 spiro atoms. The second-order valence-electron chi connectivity index (χ2n) is 8.53. The molecule has 5 rings (SSSR count). The van der Waals surface area contributed by atoms with E-state index < -0.39 is 0 Å². The molecular weight excluding hydrogens is 346 g/mol. The average Bonchev–Trinajstić information content (AvgIpc) is 3.27. The van der Waals surface area contributed by atoms with Crippen LogP contribution in [-0.2, 0) is 12.8 Å². The lowest BCUT2D eigenvalue weighted by atomic mass is 9.95. The van der Waals surface area contributed by atoms with Crippen LogP contribution in [0.5, 0.6) is 0 Å². The lowest BCUT2D eigenvalue weighted by Crippen LogP contribution is -2.39. The Morgan fingerprint density at radius 1 is 1.00 bits per heavy atom. The summed E-state index contributed by atoms with van der Waals surface area (Å²) in [6.07, 6.45) is 6.80. The molecule has 4 nitrogen and oxygen atoms in total. The van der Waals surface area contributed by atoms with E-state index in [1.54, 1.807) is 0 Å². The Bertz CT molecular complexity index is 1010. The Morgan fingerprint density at radius 3 is 2.46 bits per heavy atom. The number of piperidine rings is 1. The van der Waals surface area contributed by atoms with Gasteiger partial charge in [-0.05, 0) is 76.1 Å². The highest BCUT2D eigenvalue weighted by Crippen LogP contribution is 2.32. The molecule has 0 atom stereocenters. The van der Waals surface area contributed by atoms with Gasteiger partial charge in [0.05, 0.1) is 11.1 Å². The number of aryl methyl sites for hydroxylation is 4. The number of amides is 1. The predicted molar refractivity (Wildman–Crippen MR) is 113 cm³/mol. The summed E-state index contributed by atoms with van der Waals surface area (Å²) in [5.74, 6) is 0.184. The number of H-pyrrole nitrogens is 1. The summed E-state index contributed by atoms with van der Waals surface area (Å²) in [5, 5.41) is 1.26. The third-order valence-corrected chi connectivity index (χ3v) is 6.81. The summed E-state index contributed by atoms with van der Waals surface area (Å²) in [7, 11) is 0. The highest BCUT2D eigenvalue weighted by molar-refractivity contribution is 6.06. The molecule has 1 aliphatic heterocycles. The average molecular weight is 376 g/mol. The fraction of sp³-hybridized carbons (Fsp3) is 0.458. The summed E-state index contributed by atoms with van der Waals surface area (Å²) in [4.78, 5) is 19.0. The SMILES string of the molecule is Cc1ccc(C)n1C1CCN(C(=O)c2cccc3c4c([nH]c23)CCCC4)CC1. The topological polar surface area (TPSA) is 41.0 Å². The van der Waals surface area contributed by atoms with Gasteiger partial charge in [0.1, 0.15) is 0 Å². The highest BCUT2D eigenvalue weighted by Gasteiger charge is 2.27. The number of para-hydroxylation sites is 1. The Morgan fingerprint density at radius 2 is 1.71 bits per heavy atom. The van der Waals surface area contributed by atoms with Gasteiger partial charge in [-0.15, -0.1) is 0 Å². The Hall–Kier alpha value is -2.49. The minimum atomic E-state index is 0.184. The number of hydrogen-bond donors (Lipinski definition) is 1. The number of carbonyl (C=O) groups excluding carboxylic acids is 1. The molecule has 0 bridgehead atoms. The zero-order valence-corrected chi connectivity index (χ0v) is 16.9. The smallest absolute Gasteiger partial charge is 0.255 e. The molecule has 3 heterocycles. The first kappa shape index (κ1) is 17.6. The molecule has 1 N–H and O–H groups in total. The molecule has 1 amide bonds. The van der Waals surface area contributed by atoms with Crippen LogP contribution in [0.4, 0.5) is 0 Å². The van der Waals surface area contributed by atoms with Gasteiger partial charge in [-0.25, -0.2) is 0 Å². The van der Waals surface area contributed by atoms with Gasteiger partial charge >= 0.3 is 0 Å². The molecule has 1 fully saturated rings. The first-order valence-electron chi connectivity index (χ1n) is 10.7. The number of fused-ring (bicyclic) bond motifs is 3. The third kappa shape index (κ3) is 2.78.